The Kier molecular flexibility index (Phi) is 5.29. The number of hydrogen-bond donors (Lipinski definition) is 3. The van der Waals surface area contributed by atoms with E-state index >= 15 is 0 Å². The Morgan fingerprint density at radius 2 is 2.15 bits per heavy atom. The van der Waals surface area contributed by atoms with Crippen LogP contribution in [-0.4, -0.2) is 53.9 Å². The van der Waals surface area contributed by atoms with E-state index < -0.39 is 5.91 Å². The van der Waals surface area contributed by atoms with Crippen LogP contribution in [0.5, 0.6) is 0 Å². The molecule has 3 N–H and O–H groups in total. The summed E-state index contributed by atoms with van der Waals surface area (Å²) in [5.74, 6) is -0.495. The molecule has 2 heterocycles. The molecule has 8 heteroatoms. The van der Waals surface area contributed by atoms with E-state index in [1.807, 2.05) is 18.9 Å². The van der Waals surface area contributed by atoms with Crippen LogP contribution in [0.4, 0.5) is 0 Å². The van der Waals surface area contributed by atoms with Crippen LogP contribution in [0.15, 0.2) is 29.2 Å². The summed E-state index contributed by atoms with van der Waals surface area (Å²) in [5.41, 5.74) is 0.277. The Morgan fingerprint density at radius 3 is 2.88 bits per heavy atom. The Morgan fingerprint density at radius 1 is 1.38 bits per heavy atom. The second-order valence-electron chi connectivity index (χ2n) is 6.48. The fourth-order valence-corrected chi connectivity index (χ4v) is 3.50. The van der Waals surface area contributed by atoms with Crippen molar-refractivity contribution in [1.29, 1.82) is 0 Å². The van der Waals surface area contributed by atoms with Crippen LogP contribution in [0, 0.1) is 0 Å². The zero-order valence-corrected chi connectivity index (χ0v) is 15.4. The monoisotopic (exact) mass is 376 g/mol. The van der Waals surface area contributed by atoms with E-state index in [9.17, 15) is 14.4 Å². The summed E-state index contributed by atoms with van der Waals surface area (Å²) in [6.45, 7) is 2.98. The van der Waals surface area contributed by atoms with Crippen molar-refractivity contribution in [2.45, 2.75) is 25.4 Å². The number of H-pyrrole nitrogens is 1. The number of aromatic amines is 1. The lowest BCUT2D eigenvalue weighted by molar-refractivity contribution is -0.124. The lowest BCUT2D eigenvalue weighted by Crippen LogP contribution is -2.41. The first-order valence-electron chi connectivity index (χ1n) is 8.50. The second-order valence-corrected chi connectivity index (χ2v) is 6.91. The molecule has 2 amide bonds. The third-order valence-electron chi connectivity index (χ3n) is 4.62. The summed E-state index contributed by atoms with van der Waals surface area (Å²) in [6, 6.07) is 4.38. The van der Waals surface area contributed by atoms with Gasteiger partial charge in [0.2, 0.25) is 11.3 Å². The predicted molar refractivity (Wildman–Crippen MR) is 101 cm³/mol. The number of likely N-dealkylation sites (tertiary alicyclic amines) is 1. The standard InChI is InChI=1S/C18H21ClN4O3/c1-3-20-18(26)15-7-11(9-23(15)2)22-17(25)13-8-21-14-6-10(19)4-5-12(14)16(13)24/h4-6,8,11,15H,3,7,9H2,1-2H3,(H,20,26)(H,21,24)(H,22,25)/t11-,15-/m0/s1. The molecule has 1 aromatic carbocycles. The van der Waals surface area contributed by atoms with Gasteiger partial charge in [0.15, 0.2) is 0 Å². The molecule has 0 spiro atoms. The van der Waals surface area contributed by atoms with Crippen molar-refractivity contribution in [3.63, 3.8) is 0 Å². The van der Waals surface area contributed by atoms with Gasteiger partial charge in [-0.2, -0.15) is 0 Å². The van der Waals surface area contributed by atoms with Crippen molar-refractivity contribution in [3.8, 4) is 0 Å². The average molecular weight is 377 g/mol. The van der Waals surface area contributed by atoms with E-state index in [0.717, 1.165) is 0 Å². The van der Waals surface area contributed by atoms with Crippen molar-refractivity contribution in [2.75, 3.05) is 20.1 Å². The van der Waals surface area contributed by atoms with Gasteiger partial charge in [0.1, 0.15) is 5.56 Å². The highest BCUT2D eigenvalue weighted by atomic mass is 35.5. The first-order valence-corrected chi connectivity index (χ1v) is 8.88. The number of rotatable bonds is 4. The van der Waals surface area contributed by atoms with Crippen LogP contribution < -0.4 is 16.1 Å². The third kappa shape index (κ3) is 3.59. The van der Waals surface area contributed by atoms with Crippen LogP contribution >= 0.6 is 11.6 Å². The molecule has 0 aliphatic carbocycles. The van der Waals surface area contributed by atoms with E-state index in [2.05, 4.69) is 15.6 Å². The van der Waals surface area contributed by atoms with Gasteiger partial charge in [0.25, 0.3) is 5.91 Å². The zero-order valence-electron chi connectivity index (χ0n) is 14.6. The van der Waals surface area contributed by atoms with Crippen LogP contribution in [0.1, 0.15) is 23.7 Å². The van der Waals surface area contributed by atoms with Gasteiger partial charge in [0, 0.05) is 35.7 Å². The molecule has 2 atom stereocenters. The third-order valence-corrected chi connectivity index (χ3v) is 4.86. The number of nitrogens with zero attached hydrogens (tertiary/aromatic N) is 1. The smallest absolute Gasteiger partial charge is 0.257 e. The lowest BCUT2D eigenvalue weighted by Gasteiger charge is -2.17. The molecule has 0 unspecified atom stereocenters. The summed E-state index contributed by atoms with van der Waals surface area (Å²) in [4.78, 5) is 42.0. The van der Waals surface area contributed by atoms with Crippen molar-refractivity contribution in [3.05, 3.63) is 45.2 Å². The minimum atomic E-state index is -0.446. The zero-order chi connectivity index (χ0) is 18.8. The number of amides is 2. The van der Waals surface area contributed by atoms with Crippen LogP contribution in [0.25, 0.3) is 10.9 Å². The molecule has 138 valence electrons. The molecule has 7 nitrogen and oxygen atoms in total. The van der Waals surface area contributed by atoms with Gasteiger partial charge < -0.3 is 15.6 Å². The number of carbonyl (C=O) groups excluding carboxylic acids is 2. The summed E-state index contributed by atoms with van der Waals surface area (Å²) >= 11 is 5.92. The molecule has 2 aromatic rings. The van der Waals surface area contributed by atoms with Gasteiger partial charge in [-0.05, 0) is 38.6 Å². The largest absolute Gasteiger partial charge is 0.360 e. The summed E-state index contributed by atoms with van der Waals surface area (Å²) in [7, 11) is 1.85. The van der Waals surface area contributed by atoms with Crippen LogP contribution in [0.2, 0.25) is 5.02 Å². The number of nitrogens with one attached hydrogen (secondary N) is 3. The fraction of sp³-hybridized carbons (Fsp3) is 0.389. The Balaban J connectivity index is 1.76. The summed E-state index contributed by atoms with van der Waals surface area (Å²) in [6.07, 6.45) is 1.91. The van der Waals surface area contributed by atoms with Crippen LogP contribution in [-0.2, 0) is 4.79 Å². The molecule has 1 aliphatic heterocycles. The highest BCUT2D eigenvalue weighted by Crippen LogP contribution is 2.17. The number of fused-ring (bicyclic) bond motifs is 1. The maximum atomic E-state index is 12.6. The van der Waals surface area contributed by atoms with E-state index in [4.69, 9.17) is 11.6 Å². The Bertz CT molecular complexity index is 911. The van der Waals surface area contributed by atoms with Gasteiger partial charge in [-0.3, -0.25) is 19.3 Å². The highest BCUT2D eigenvalue weighted by molar-refractivity contribution is 6.31. The fourth-order valence-electron chi connectivity index (χ4n) is 3.33. The molecule has 0 radical (unpaired) electrons. The number of pyridine rings is 1. The van der Waals surface area contributed by atoms with Gasteiger partial charge in [-0.25, -0.2) is 0 Å². The molecule has 3 rings (SSSR count). The number of halogens is 1. The summed E-state index contributed by atoms with van der Waals surface area (Å²) in [5, 5.41) is 6.58. The molecule has 0 bridgehead atoms. The molecule has 1 fully saturated rings. The minimum absolute atomic E-state index is 0.0453. The van der Waals surface area contributed by atoms with Crippen molar-refractivity contribution in [1.82, 2.24) is 20.5 Å². The molecule has 1 aromatic heterocycles. The lowest BCUT2D eigenvalue weighted by atomic mass is 10.1. The molecular formula is C18H21ClN4O3. The number of hydrogen-bond acceptors (Lipinski definition) is 4. The normalized spacial score (nSPS) is 20.3. The van der Waals surface area contributed by atoms with Crippen molar-refractivity contribution < 1.29 is 9.59 Å². The van der Waals surface area contributed by atoms with E-state index in [0.29, 0.717) is 35.4 Å². The van der Waals surface area contributed by atoms with E-state index in [-0.39, 0.29) is 29.0 Å². The maximum absolute atomic E-state index is 12.6. The van der Waals surface area contributed by atoms with Gasteiger partial charge >= 0.3 is 0 Å². The molecule has 1 aliphatic rings. The minimum Gasteiger partial charge on any atom is -0.360 e. The van der Waals surface area contributed by atoms with Gasteiger partial charge in [-0.1, -0.05) is 11.6 Å². The molecular weight excluding hydrogens is 356 g/mol. The van der Waals surface area contributed by atoms with Crippen LogP contribution in [0.3, 0.4) is 0 Å². The van der Waals surface area contributed by atoms with E-state index in [1.54, 1.807) is 18.2 Å². The predicted octanol–water partition coefficient (Wildman–Crippen LogP) is 1.12. The van der Waals surface area contributed by atoms with E-state index in [1.165, 1.54) is 6.20 Å². The highest BCUT2D eigenvalue weighted by Gasteiger charge is 2.35. The quantitative estimate of drug-likeness (QED) is 0.745. The topological polar surface area (TPSA) is 94.3 Å². The number of likely N-dealkylation sites (N-methyl/N-ethyl adjacent to an activating group) is 2. The molecule has 1 saturated heterocycles. The first-order chi connectivity index (χ1) is 12.4. The average Bonchev–Trinajstić information content (AvgIpc) is 2.95. The van der Waals surface area contributed by atoms with Gasteiger partial charge in [0.05, 0.1) is 11.6 Å². The summed E-state index contributed by atoms with van der Waals surface area (Å²) < 4.78 is 0. The number of benzene rings is 1. The number of carbonyl (C=O) groups is 2. The van der Waals surface area contributed by atoms with Gasteiger partial charge in [-0.15, -0.1) is 0 Å². The second kappa shape index (κ2) is 7.47. The Labute approximate surface area is 155 Å². The van der Waals surface area contributed by atoms with Crippen molar-refractivity contribution in [2.24, 2.45) is 0 Å². The first kappa shape index (κ1) is 18.4. The molecule has 0 saturated carbocycles. The maximum Gasteiger partial charge on any atom is 0.257 e. The Hall–Kier alpha value is -2.38. The molecule has 26 heavy (non-hydrogen) atoms. The SMILES string of the molecule is CCNC(=O)[C@@H]1C[C@H](NC(=O)c2c[nH]c3cc(Cl)ccc3c2=O)CN1C. The number of aromatic nitrogens is 1. The van der Waals surface area contributed by atoms with Crippen molar-refractivity contribution >= 4 is 34.3 Å².